The third kappa shape index (κ3) is 4.06. The van der Waals surface area contributed by atoms with E-state index < -0.39 is 5.82 Å². The monoisotopic (exact) mass is 524 g/mol. The Morgan fingerprint density at radius 1 is 1.03 bits per heavy atom. The van der Waals surface area contributed by atoms with Gasteiger partial charge >= 0.3 is 0 Å². The second kappa shape index (κ2) is 9.38. The molecular formula is C28H25FN8S. The van der Waals surface area contributed by atoms with E-state index in [0.29, 0.717) is 33.7 Å². The molecule has 0 bridgehead atoms. The molecule has 1 saturated heterocycles. The van der Waals surface area contributed by atoms with Crippen molar-refractivity contribution >= 4 is 33.4 Å². The predicted octanol–water partition coefficient (Wildman–Crippen LogP) is 6.12. The maximum Gasteiger partial charge on any atom is 0.159 e. The van der Waals surface area contributed by atoms with Gasteiger partial charge in [-0.1, -0.05) is 6.42 Å². The van der Waals surface area contributed by atoms with E-state index in [9.17, 15) is 0 Å². The standard InChI is InChI=1S/C28H25FN8S/c1-16-5-6-21(38-16)25-24-20(7-8-31-25)33-28(34-24)26-22-23(29)19(14-32-27(22)36-35-26)18-11-17(12-30-13-18)15-37-9-3-2-4-10-37/h5-8,11-14H,2-4,9-10,15H2,1H3,(H,33,34)(H,32,35,36). The Bertz CT molecular complexity index is 1780. The van der Waals surface area contributed by atoms with Crippen LogP contribution in [-0.2, 0) is 6.54 Å². The topological polar surface area (TPSA) is 99.3 Å². The molecular weight excluding hydrogens is 499 g/mol. The van der Waals surface area contributed by atoms with E-state index >= 15 is 4.39 Å². The van der Waals surface area contributed by atoms with Crippen molar-refractivity contribution in [3.8, 4) is 33.2 Å². The van der Waals surface area contributed by atoms with E-state index in [0.717, 1.165) is 46.8 Å². The summed E-state index contributed by atoms with van der Waals surface area (Å²) in [6.07, 6.45) is 10.6. The summed E-state index contributed by atoms with van der Waals surface area (Å²) in [5.41, 5.74) is 5.23. The number of nitrogens with one attached hydrogen (secondary N) is 2. The van der Waals surface area contributed by atoms with Gasteiger partial charge in [0, 0.05) is 47.3 Å². The molecule has 1 aliphatic heterocycles. The molecule has 0 atom stereocenters. The molecule has 7 rings (SSSR count). The number of thiophene rings is 1. The first-order valence-corrected chi connectivity index (χ1v) is 13.6. The Balaban J connectivity index is 1.29. The number of halogens is 1. The van der Waals surface area contributed by atoms with Gasteiger partial charge in [0.1, 0.15) is 22.7 Å². The highest BCUT2D eigenvalue weighted by Gasteiger charge is 2.22. The van der Waals surface area contributed by atoms with Crippen LogP contribution in [0.2, 0.25) is 0 Å². The van der Waals surface area contributed by atoms with Crippen molar-refractivity contribution < 1.29 is 4.39 Å². The van der Waals surface area contributed by atoms with Crippen LogP contribution in [0.5, 0.6) is 0 Å². The summed E-state index contributed by atoms with van der Waals surface area (Å²) in [6.45, 7) is 5.05. The van der Waals surface area contributed by atoms with E-state index in [1.54, 1.807) is 29.9 Å². The number of aromatic amines is 2. The van der Waals surface area contributed by atoms with E-state index in [1.807, 2.05) is 24.4 Å². The Morgan fingerprint density at radius 2 is 1.92 bits per heavy atom. The van der Waals surface area contributed by atoms with Crippen LogP contribution in [0, 0.1) is 12.7 Å². The van der Waals surface area contributed by atoms with Crippen LogP contribution in [0.4, 0.5) is 4.39 Å². The highest BCUT2D eigenvalue weighted by Crippen LogP contribution is 2.35. The second-order valence-electron chi connectivity index (χ2n) is 9.75. The van der Waals surface area contributed by atoms with Crippen molar-refractivity contribution in [2.45, 2.75) is 32.7 Å². The third-order valence-electron chi connectivity index (χ3n) is 7.09. The van der Waals surface area contributed by atoms with Gasteiger partial charge < -0.3 is 4.98 Å². The maximum atomic E-state index is 16.1. The average Bonchev–Trinajstić information content (AvgIpc) is 3.67. The fourth-order valence-electron chi connectivity index (χ4n) is 5.21. The van der Waals surface area contributed by atoms with Crippen LogP contribution in [0.15, 0.2) is 49.1 Å². The lowest BCUT2D eigenvalue weighted by Gasteiger charge is -2.26. The minimum atomic E-state index is -0.400. The molecule has 6 aromatic heterocycles. The molecule has 0 spiro atoms. The van der Waals surface area contributed by atoms with E-state index in [1.165, 1.54) is 24.1 Å². The number of piperidine rings is 1. The number of likely N-dealkylation sites (tertiary alicyclic amines) is 1. The number of imidazole rings is 1. The van der Waals surface area contributed by atoms with Gasteiger partial charge in [0.15, 0.2) is 11.5 Å². The van der Waals surface area contributed by atoms with Crippen molar-refractivity contribution in [3.63, 3.8) is 0 Å². The van der Waals surface area contributed by atoms with Crippen LogP contribution >= 0.6 is 11.3 Å². The summed E-state index contributed by atoms with van der Waals surface area (Å²) >= 11 is 1.66. The molecule has 38 heavy (non-hydrogen) atoms. The van der Waals surface area contributed by atoms with Crippen LogP contribution in [0.3, 0.4) is 0 Å². The molecule has 8 nitrogen and oxygen atoms in total. The molecule has 1 aliphatic rings. The molecule has 1 fully saturated rings. The highest BCUT2D eigenvalue weighted by molar-refractivity contribution is 7.15. The second-order valence-corrected chi connectivity index (χ2v) is 11.0. The van der Waals surface area contributed by atoms with Crippen molar-refractivity contribution in [3.05, 3.63) is 65.3 Å². The maximum absolute atomic E-state index is 16.1. The summed E-state index contributed by atoms with van der Waals surface area (Å²) < 4.78 is 16.1. The smallest absolute Gasteiger partial charge is 0.159 e. The van der Waals surface area contributed by atoms with E-state index in [4.69, 9.17) is 4.98 Å². The van der Waals surface area contributed by atoms with Gasteiger partial charge in [-0.15, -0.1) is 11.3 Å². The molecule has 10 heteroatoms. The number of nitrogens with zero attached hydrogens (tertiary/aromatic N) is 6. The Hall–Kier alpha value is -4.02. The van der Waals surface area contributed by atoms with Crippen molar-refractivity contribution in [2.75, 3.05) is 13.1 Å². The first-order chi connectivity index (χ1) is 18.6. The van der Waals surface area contributed by atoms with E-state index in [-0.39, 0.29) is 0 Å². The largest absolute Gasteiger partial charge is 0.336 e. The number of hydrogen-bond donors (Lipinski definition) is 2. The van der Waals surface area contributed by atoms with Crippen molar-refractivity contribution in [2.24, 2.45) is 0 Å². The molecule has 0 aliphatic carbocycles. The first kappa shape index (κ1) is 23.1. The SMILES string of the molecule is Cc1ccc(-c2nccc3[nH]c(-c4n[nH]c5ncc(-c6cncc(CN7CCCCC7)c6)c(F)c45)nc23)s1. The van der Waals surface area contributed by atoms with Gasteiger partial charge in [0.05, 0.1) is 15.8 Å². The zero-order valence-corrected chi connectivity index (χ0v) is 21.6. The number of hydrogen-bond acceptors (Lipinski definition) is 7. The number of aromatic nitrogens is 7. The van der Waals surface area contributed by atoms with Crippen LogP contribution in [-0.4, -0.2) is 53.1 Å². The summed E-state index contributed by atoms with van der Waals surface area (Å²) in [7, 11) is 0. The lowest BCUT2D eigenvalue weighted by Crippen LogP contribution is -2.29. The number of H-pyrrole nitrogens is 2. The fourth-order valence-corrected chi connectivity index (χ4v) is 6.08. The van der Waals surface area contributed by atoms with E-state index in [2.05, 4.69) is 48.0 Å². The fraction of sp³-hybridized carbons (Fsp3) is 0.250. The molecule has 190 valence electrons. The van der Waals surface area contributed by atoms with Crippen LogP contribution in [0.1, 0.15) is 29.7 Å². The molecule has 7 heterocycles. The summed E-state index contributed by atoms with van der Waals surface area (Å²) in [6, 6.07) is 7.98. The predicted molar refractivity (Wildman–Crippen MR) is 147 cm³/mol. The van der Waals surface area contributed by atoms with Gasteiger partial charge in [-0.2, -0.15) is 5.10 Å². The Kier molecular flexibility index (Phi) is 5.70. The van der Waals surface area contributed by atoms with Gasteiger partial charge in [-0.05, 0) is 62.7 Å². The number of rotatable bonds is 5. The van der Waals surface area contributed by atoms with Gasteiger partial charge in [-0.25, -0.2) is 14.4 Å². The quantitative estimate of drug-likeness (QED) is 0.282. The first-order valence-electron chi connectivity index (χ1n) is 12.7. The Labute approximate surface area is 222 Å². The molecule has 0 radical (unpaired) electrons. The van der Waals surface area contributed by atoms with Gasteiger partial charge in [0.2, 0.25) is 0 Å². The molecule has 0 saturated carbocycles. The minimum Gasteiger partial charge on any atom is -0.336 e. The highest BCUT2D eigenvalue weighted by atomic mass is 32.1. The molecule has 0 amide bonds. The third-order valence-corrected chi connectivity index (χ3v) is 8.09. The molecule has 6 aromatic rings. The van der Waals surface area contributed by atoms with Crippen LogP contribution < -0.4 is 0 Å². The lowest BCUT2D eigenvalue weighted by molar-refractivity contribution is 0.220. The Morgan fingerprint density at radius 3 is 2.76 bits per heavy atom. The molecule has 0 aromatic carbocycles. The van der Waals surface area contributed by atoms with Gasteiger partial charge in [0.25, 0.3) is 0 Å². The number of pyridine rings is 3. The zero-order valence-electron chi connectivity index (χ0n) is 20.8. The molecule has 0 unspecified atom stereocenters. The van der Waals surface area contributed by atoms with Crippen LogP contribution in [0.25, 0.3) is 55.3 Å². The number of fused-ring (bicyclic) bond motifs is 2. The zero-order chi connectivity index (χ0) is 25.6. The molecule has 2 N–H and O–H groups in total. The minimum absolute atomic E-state index is 0.296. The normalized spacial score (nSPS) is 14.6. The van der Waals surface area contributed by atoms with Gasteiger partial charge in [-0.3, -0.25) is 20.0 Å². The summed E-state index contributed by atoms with van der Waals surface area (Å²) in [4.78, 5) is 26.2. The van der Waals surface area contributed by atoms with Crippen molar-refractivity contribution in [1.29, 1.82) is 0 Å². The lowest BCUT2D eigenvalue weighted by atomic mass is 10.0. The number of aryl methyl sites for hydroxylation is 1. The summed E-state index contributed by atoms with van der Waals surface area (Å²) in [5, 5.41) is 7.56. The van der Waals surface area contributed by atoms with Crippen molar-refractivity contribution in [1.82, 2.24) is 40.0 Å². The average molecular weight is 525 g/mol. The summed E-state index contributed by atoms with van der Waals surface area (Å²) in [5.74, 6) is 0.0620.